The van der Waals surface area contributed by atoms with Gasteiger partial charge in [0.05, 0.1) is 0 Å². The lowest BCUT2D eigenvalue weighted by molar-refractivity contribution is 0.110. The molecule has 0 atom stereocenters. The third-order valence-electron chi connectivity index (χ3n) is 1.52. The Balaban J connectivity index is 4.15. The zero-order valence-corrected chi connectivity index (χ0v) is 11.0. The average molecular weight is 225 g/mol. The fourth-order valence-corrected chi connectivity index (χ4v) is 4.97. The summed E-state index contributed by atoms with van der Waals surface area (Å²) in [6, 6.07) is 0.852. The van der Waals surface area contributed by atoms with Crippen molar-refractivity contribution < 1.29 is 8.85 Å². The molecule has 2 nitrogen and oxygen atoms in total. The van der Waals surface area contributed by atoms with Crippen LogP contribution < -0.4 is 0 Å². The molecule has 0 aliphatic heterocycles. The van der Waals surface area contributed by atoms with E-state index in [1.54, 1.807) is 0 Å². The second-order valence-electron chi connectivity index (χ2n) is 3.91. The quantitative estimate of drug-likeness (QED) is 0.510. The maximum Gasteiger partial charge on any atom is 0.336 e. The van der Waals surface area contributed by atoms with Crippen LogP contribution in [0.5, 0.6) is 0 Å². The van der Waals surface area contributed by atoms with Crippen molar-refractivity contribution in [3.05, 3.63) is 0 Å². The maximum atomic E-state index is 5.82. The normalized spacial score (nSPS) is 12.9. The number of hydrogen-bond donors (Lipinski definition) is 0. The van der Waals surface area contributed by atoms with Crippen LogP contribution in [0.2, 0.25) is 12.6 Å². The predicted molar refractivity (Wildman–Crippen MR) is 59.6 cm³/mol. The minimum absolute atomic E-state index is 0.221. The van der Waals surface area contributed by atoms with Crippen molar-refractivity contribution in [3.63, 3.8) is 0 Å². The Hall–Kier alpha value is 0.427. The Morgan fingerprint density at radius 2 is 1.46 bits per heavy atom. The first kappa shape index (κ1) is 13.4. The van der Waals surface area contributed by atoms with Crippen molar-refractivity contribution >= 4 is 20.2 Å². The molecule has 0 aliphatic carbocycles. The summed E-state index contributed by atoms with van der Waals surface area (Å²) in [5, 5.41) is 0. The van der Waals surface area contributed by atoms with Gasteiger partial charge in [0.25, 0.3) is 0 Å². The summed E-state index contributed by atoms with van der Waals surface area (Å²) >= 11 is 5.73. The molecule has 0 amide bonds. The molecule has 4 heteroatoms. The molecule has 0 aromatic carbocycles. The summed E-state index contributed by atoms with van der Waals surface area (Å²) in [6.07, 6.45) is 0.442. The number of halogens is 1. The van der Waals surface area contributed by atoms with E-state index in [-0.39, 0.29) is 12.2 Å². The van der Waals surface area contributed by atoms with Crippen LogP contribution in [0.1, 0.15) is 27.7 Å². The van der Waals surface area contributed by atoms with Gasteiger partial charge in [0.15, 0.2) is 0 Å². The Labute approximate surface area is 87.8 Å². The largest absolute Gasteiger partial charge is 0.392 e. The van der Waals surface area contributed by atoms with Gasteiger partial charge < -0.3 is 8.85 Å². The summed E-state index contributed by atoms with van der Waals surface area (Å²) in [5.41, 5.74) is 0. The second kappa shape index (κ2) is 6.01. The van der Waals surface area contributed by atoms with Gasteiger partial charge in [0, 0.05) is 24.1 Å². The maximum absolute atomic E-state index is 5.82. The highest BCUT2D eigenvalue weighted by atomic mass is 35.5. The molecule has 0 rings (SSSR count). The van der Waals surface area contributed by atoms with Crippen molar-refractivity contribution in [2.45, 2.75) is 52.5 Å². The Bertz CT molecular complexity index is 130. The van der Waals surface area contributed by atoms with Gasteiger partial charge in [-0.2, -0.15) is 0 Å². The molecular formula is C9H21ClO2Si. The van der Waals surface area contributed by atoms with E-state index in [1.807, 2.05) is 27.7 Å². The van der Waals surface area contributed by atoms with E-state index in [4.69, 9.17) is 20.5 Å². The molecule has 13 heavy (non-hydrogen) atoms. The van der Waals surface area contributed by atoms with Crippen LogP contribution in [0.25, 0.3) is 0 Å². The van der Waals surface area contributed by atoms with Crippen LogP contribution in [0.3, 0.4) is 0 Å². The molecule has 0 heterocycles. The zero-order valence-electron chi connectivity index (χ0n) is 9.26. The first-order valence-corrected chi connectivity index (χ1v) is 7.87. The highest BCUT2D eigenvalue weighted by Crippen LogP contribution is 2.18. The van der Waals surface area contributed by atoms with Crippen molar-refractivity contribution in [1.82, 2.24) is 0 Å². The summed E-state index contributed by atoms with van der Waals surface area (Å²) < 4.78 is 11.6. The van der Waals surface area contributed by atoms with Crippen molar-refractivity contribution in [2.75, 3.05) is 5.88 Å². The molecule has 0 saturated carbocycles. The van der Waals surface area contributed by atoms with Crippen LogP contribution >= 0.6 is 11.6 Å². The average Bonchev–Trinajstić information content (AvgIpc) is 1.81. The third-order valence-corrected chi connectivity index (χ3v) is 5.12. The second-order valence-corrected chi connectivity index (χ2v) is 7.52. The Morgan fingerprint density at radius 3 is 1.69 bits per heavy atom. The zero-order chi connectivity index (χ0) is 10.5. The van der Waals surface area contributed by atoms with Gasteiger partial charge in [-0.3, -0.25) is 0 Å². The first-order valence-electron chi connectivity index (χ1n) is 4.81. The van der Waals surface area contributed by atoms with Gasteiger partial charge in [-0.1, -0.05) is 0 Å². The van der Waals surface area contributed by atoms with E-state index in [0.717, 1.165) is 6.04 Å². The van der Waals surface area contributed by atoms with Crippen LogP contribution in [0, 0.1) is 0 Å². The van der Waals surface area contributed by atoms with E-state index in [2.05, 4.69) is 6.55 Å². The van der Waals surface area contributed by atoms with E-state index in [9.17, 15) is 0 Å². The van der Waals surface area contributed by atoms with E-state index in [1.165, 1.54) is 0 Å². The molecule has 0 aromatic heterocycles. The van der Waals surface area contributed by atoms with Crippen LogP contribution in [0.4, 0.5) is 0 Å². The molecule has 0 bridgehead atoms. The summed E-state index contributed by atoms with van der Waals surface area (Å²) in [4.78, 5) is 0. The topological polar surface area (TPSA) is 18.5 Å². The van der Waals surface area contributed by atoms with Gasteiger partial charge >= 0.3 is 8.56 Å². The Kier molecular flexibility index (Phi) is 6.21. The molecule has 0 fully saturated rings. The van der Waals surface area contributed by atoms with Crippen molar-refractivity contribution in [3.8, 4) is 0 Å². The molecule has 0 aliphatic rings. The van der Waals surface area contributed by atoms with E-state index in [0.29, 0.717) is 5.88 Å². The molecule has 0 radical (unpaired) electrons. The minimum atomic E-state index is -2.01. The predicted octanol–water partition coefficient (Wildman–Crippen LogP) is 3.15. The summed E-state index contributed by atoms with van der Waals surface area (Å²) in [5.74, 6) is 0.613. The van der Waals surface area contributed by atoms with E-state index < -0.39 is 8.56 Å². The van der Waals surface area contributed by atoms with Gasteiger partial charge in [0.2, 0.25) is 0 Å². The summed E-state index contributed by atoms with van der Waals surface area (Å²) in [6.45, 7) is 10.2. The first-order chi connectivity index (χ1) is 5.89. The lowest BCUT2D eigenvalue weighted by Gasteiger charge is -2.30. The van der Waals surface area contributed by atoms with Gasteiger partial charge in [-0.25, -0.2) is 0 Å². The lowest BCUT2D eigenvalue weighted by Crippen LogP contribution is -2.43. The molecule has 80 valence electrons. The van der Waals surface area contributed by atoms with Crippen molar-refractivity contribution in [2.24, 2.45) is 0 Å². The molecule has 0 spiro atoms. The third kappa shape index (κ3) is 6.49. The van der Waals surface area contributed by atoms with Crippen LogP contribution in [-0.2, 0) is 8.85 Å². The summed E-state index contributed by atoms with van der Waals surface area (Å²) in [7, 11) is -2.01. The number of hydrogen-bond acceptors (Lipinski definition) is 2. The van der Waals surface area contributed by atoms with Gasteiger partial charge in [0.1, 0.15) is 0 Å². The molecule has 0 saturated heterocycles. The van der Waals surface area contributed by atoms with Gasteiger partial charge in [-0.15, -0.1) is 11.6 Å². The number of rotatable bonds is 6. The van der Waals surface area contributed by atoms with E-state index >= 15 is 0 Å². The molecule has 0 N–H and O–H groups in total. The molecule has 0 aromatic rings. The lowest BCUT2D eigenvalue weighted by atomic mass is 10.5. The highest BCUT2D eigenvalue weighted by molar-refractivity contribution is 6.66. The Morgan fingerprint density at radius 1 is 1.08 bits per heavy atom. The molecular weight excluding hydrogens is 204 g/mol. The fraction of sp³-hybridized carbons (Fsp3) is 1.00. The van der Waals surface area contributed by atoms with Crippen molar-refractivity contribution in [1.29, 1.82) is 0 Å². The standard InChI is InChI=1S/C9H21ClO2Si/c1-8(2)11-13(5,7-6-10)12-9(3)4/h8-9H,6-7H2,1-5H3. The van der Waals surface area contributed by atoms with Crippen LogP contribution in [0.15, 0.2) is 0 Å². The minimum Gasteiger partial charge on any atom is -0.392 e. The number of alkyl halides is 1. The smallest absolute Gasteiger partial charge is 0.336 e. The van der Waals surface area contributed by atoms with Gasteiger partial charge in [-0.05, 0) is 34.2 Å². The molecule has 0 unspecified atom stereocenters. The fourth-order valence-electron chi connectivity index (χ4n) is 1.31. The van der Waals surface area contributed by atoms with Crippen LogP contribution in [-0.4, -0.2) is 26.6 Å². The highest BCUT2D eigenvalue weighted by Gasteiger charge is 2.32. The SMILES string of the molecule is CC(C)O[Si](C)(CCCl)OC(C)C. The monoisotopic (exact) mass is 224 g/mol.